The summed E-state index contributed by atoms with van der Waals surface area (Å²) in [6.45, 7) is 9.18. The molecule has 5 rings (SSSR count). The molecule has 3 aliphatic rings. The van der Waals surface area contributed by atoms with E-state index in [0.717, 1.165) is 18.4 Å². The van der Waals surface area contributed by atoms with E-state index in [1.165, 1.54) is 12.1 Å². The molecular weight excluding hydrogens is 713 g/mol. The highest BCUT2D eigenvalue weighted by Crippen LogP contribution is 2.68. The number of hydrogen-bond donors (Lipinski definition) is 3. The molecular formula is C39H51F3N2O8S. The van der Waals surface area contributed by atoms with Gasteiger partial charge in [-0.2, -0.15) is 21.6 Å². The molecule has 2 aromatic rings. The second kappa shape index (κ2) is 15.3. The number of ketones is 1. The SMILES string of the molecule is CCC1(CCNc2ccc(CNC(=O)C(F)(F)F)cc2)CC(OC(=O)COS(=O)(=O)c2ccc(C)cc2)C2(C)C(C)CCC3(CCC(=O)C32)C(C)C1O. The van der Waals surface area contributed by atoms with E-state index in [9.17, 15) is 41.1 Å². The number of alkyl halides is 3. The number of amides is 1. The molecule has 2 bridgehead atoms. The van der Waals surface area contributed by atoms with Crippen LogP contribution in [0.15, 0.2) is 53.4 Å². The summed E-state index contributed by atoms with van der Waals surface area (Å²) in [4.78, 5) is 38.5. The van der Waals surface area contributed by atoms with Gasteiger partial charge >= 0.3 is 18.1 Å². The van der Waals surface area contributed by atoms with Gasteiger partial charge in [-0.05, 0) is 92.5 Å². The monoisotopic (exact) mass is 764 g/mol. The molecule has 1 amide bonds. The van der Waals surface area contributed by atoms with Crippen LogP contribution in [0.2, 0.25) is 0 Å². The first kappa shape index (κ1) is 40.7. The Morgan fingerprint density at radius 1 is 1.04 bits per heavy atom. The number of carbonyl (C=O) groups is 3. The smallest absolute Gasteiger partial charge is 0.460 e. The van der Waals surface area contributed by atoms with Crippen LogP contribution in [0.1, 0.15) is 83.8 Å². The second-order valence-corrected chi connectivity index (χ2v) is 17.3. The van der Waals surface area contributed by atoms with Crippen molar-refractivity contribution in [1.82, 2.24) is 5.32 Å². The molecule has 3 fully saturated rings. The van der Waals surface area contributed by atoms with Crippen molar-refractivity contribution in [1.29, 1.82) is 0 Å². The zero-order valence-electron chi connectivity index (χ0n) is 30.9. The minimum atomic E-state index is -4.97. The molecule has 292 valence electrons. The van der Waals surface area contributed by atoms with Crippen LogP contribution in [0.25, 0.3) is 0 Å². The van der Waals surface area contributed by atoms with E-state index in [0.29, 0.717) is 43.5 Å². The normalized spacial score (nSPS) is 31.6. The molecule has 2 aromatic carbocycles. The Labute approximate surface area is 309 Å². The Morgan fingerprint density at radius 3 is 2.32 bits per heavy atom. The third-order valence-electron chi connectivity index (χ3n) is 13.0. The number of aliphatic hydroxyl groups is 1. The van der Waals surface area contributed by atoms with E-state index in [1.54, 1.807) is 36.4 Å². The van der Waals surface area contributed by atoms with Crippen molar-refractivity contribution in [3.05, 3.63) is 59.7 Å². The van der Waals surface area contributed by atoms with Crippen LogP contribution in [0.3, 0.4) is 0 Å². The van der Waals surface area contributed by atoms with Gasteiger partial charge < -0.3 is 20.5 Å². The van der Waals surface area contributed by atoms with E-state index in [4.69, 9.17) is 8.92 Å². The topological polar surface area (TPSA) is 148 Å². The summed E-state index contributed by atoms with van der Waals surface area (Å²) in [5, 5.41) is 17.6. The highest BCUT2D eigenvalue weighted by molar-refractivity contribution is 7.86. The van der Waals surface area contributed by atoms with E-state index < -0.39 is 69.1 Å². The predicted molar refractivity (Wildman–Crippen MR) is 191 cm³/mol. The highest BCUT2D eigenvalue weighted by Gasteiger charge is 2.68. The van der Waals surface area contributed by atoms with Gasteiger partial charge in [0.2, 0.25) is 0 Å². The number of benzene rings is 2. The molecule has 0 aliphatic heterocycles. The molecule has 0 aromatic heterocycles. The molecule has 3 N–H and O–H groups in total. The Kier molecular flexibility index (Phi) is 11.8. The van der Waals surface area contributed by atoms with Gasteiger partial charge in [-0.1, -0.05) is 57.5 Å². The summed E-state index contributed by atoms with van der Waals surface area (Å²) < 4.78 is 75.0. The summed E-state index contributed by atoms with van der Waals surface area (Å²) in [5.74, 6) is -3.50. The molecule has 10 nitrogen and oxygen atoms in total. The number of esters is 1. The van der Waals surface area contributed by atoms with Crippen LogP contribution in [0.5, 0.6) is 0 Å². The van der Waals surface area contributed by atoms with Gasteiger partial charge in [-0.25, -0.2) is 4.79 Å². The van der Waals surface area contributed by atoms with Crippen LogP contribution in [0.4, 0.5) is 18.9 Å². The standard InChI is InChI=1S/C39H51F3N2O8S/c1-6-37(19-20-43-28-11-9-27(10-12-28)22-44-35(48)39(40,41)42)21-31(52-32(46)23-51-53(49,50)29-13-7-24(2)8-14-29)36(5)25(3)15-17-38(26(4)34(37)47)18-16-30(45)33(36)38/h7-14,25-26,31,33-34,43,47H,6,15-23H2,1-5H3,(H,44,48). The molecule has 8 atom stereocenters. The fourth-order valence-corrected chi connectivity index (χ4v) is 10.4. The van der Waals surface area contributed by atoms with Crippen molar-refractivity contribution in [2.75, 3.05) is 18.5 Å². The lowest BCUT2D eigenvalue weighted by atomic mass is 9.43. The first-order valence-corrected chi connectivity index (χ1v) is 19.7. The van der Waals surface area contributed by atoms with Crippen LogP contribution in [-0.4, -0.2) is 62.7 Å². The van der Waals surface area contributed by atoms with Gasteiger partial charge in [-0.3, -0.25) is 13.8 Å². The van der Waals surface area contributed by atoms with Crippen LogP contribution in [-0.2, 0) is 40.0 Å². The maximum atomic E-state index is 13.8. The maximum absolute atomic E-state index is 13.8. The van der Waals surface area contributed by atoms with E-state index in [1.807, 2.05) is 33.0 Å². The lowest BCUT2D eigenvalue weighted by Gasteiger charge is -2.62. The highest BCUT2D eigenvalue weighted by atomic mass is 32.2. The van der Waals surface area contributed by atoms with Gasteiger partial charge in [0.05, 0.1) is 11.0 Å². The lowest BCUT2D eigenvalue weighted by Crippen LogP contribution is -2.63. The molecule has 0 radical (unpaired) electrons. The van der Waals surface area contributed by atoms with Gasteiger partial charge in [-0.15, -0.1) is 0 Å². The molecule has 3 saturated carbocycles. The third kappa shape index (κ3) is 8.00. The minimum Gasteiger partial charge on any atom is -0.460 e. The van der Waals surface area contributed by atoms with Crippen LogP contribution < -0.4 is 10.6 Å². The third-order valence-corrected chi connectivity index (χ3v) is 14.3. The molecule has 14 heteroatoms. The lowest BCUT2D eigenvalue weighted by molar-refractivity contribution is -0.215. The number of anilines is 1. The number of ether oxygens (including phenoxy) is 1. The maximum Gasteiger partial charge on any atom is 0.471 e. The Balaban J connectivity index is 1.39. The van der Waals surface area contributed by atoms with Crippen molar-refractivity contribution in [2.24, 2.45) is 34.0 Å². The average Bonchev–Trinajstić information content (AvgIpc) is 3.47. The average molecular weight is 765 g/mol. The zero-order chi connectivity index (χ0) is 39.0. The number of carbonyl (C=O) groups excluding carboxylic acids is 3. The van der Waals surface area contributed by atoms with Crippen molar-refractivity contribution in [2.45, 2.75) is 109 Å². The quantitative estimate of drug-likeness (QED) is 0.163. The van der Waals surface area contributed by atoms with Gasteiger partial charge in [0.15, 0.2) is 6.61 Å². The van der Waals surface area contributed by atoms with Crippen molar-refractivity contribution < 1.29 is 50.0 Å². The van der Waals surface area contributed by atoms with Gasteiger partial charge in [0, 0.05) is 41.9 Å². The van der Waals surface area contributed by atoms with Crippen molar-refractivity contribution in [3.63, 3.8) is 0 Å². The molecule has 3 aliphatic carbocycles. The summed E-state index contributed by atoms with van der Waals surface area (Å²) in [6.07, 6.45) is -2.94. The summed E-state index contributed by atoms with van der Waals surface area (Å²) in [7, 11) is -4.26. The number of Topliss-reactive ketones (excluding diaryl/α,β-unsaturated/α-hetero) is 1. The van der Waals surface area contributed by atoms with Crippen LogP contribution in [0, 0.1) is 40.9 Å². The fourth-order valence-electron chi connectivity index (χ4n) is 9.58. The van der Waals surface area contributed by atoms with Gasteiger partial charge in [0.25, 0.3) is 10.1 Å². The Bertz CT molecular complexity index is 1770. The number of nitrogens with one attached hydrogen (secondary N) is 2. The van der Waals surface area contributed by atoms with Crippen molar-refractivity contribution >= 4 is 33.5 Å². The second-order valence-electron chi connectivity index (χ2n) is 15.7. The largest absolute Gasteiger partial charge is 0.471 e. The molecule has 53 heavy (non-hydrogen) atoms. The van der Waals surface area contributed by atoms with E-state index in [-0.39, 0.29) is 35.5 Å². The van der Waals surface area contributed by atoms with Gasteiger partial charge in [0.1, 0.15) is 11.9 Å². The number of aliphatic hydroxyl groups excluding tert-OH is 1. The number of hydrogen-bond acceptors (Lipinski definition) is 9. The Morgan fingerprint density at radius 2 is 1.70 bits per heavy atom. The van der Waals surface area contributed by atoms with Crippen LogP contribution >= 0.6 is 0 Å². The molecule has 8 unspecified atom stereocenters. The van der Waals surface area contributed by atoms with E-state index in [2.05, 4.69) is 12.2 Å². The number of rotatable bonds is 12. The summed E-state index contributed by atoms with van der Waals surface area (Å²) in [5.41, 5.74) is -0.0511. The number of aryl methyl sites for hydroxylation is 1. The van der Waals surface area contributed by atoms with E-state index >= 15 is 0 Å². The number of halogens is 3. The predicted octanol–water partition coefficient (Wildman–Crippen LogP) is 6.49. The first-order chi connectivity index (χ1) is 24.8. The molecule has 0 spiro atoms. The first-order valence-electron chi connectivity index (χ1n) is 18.3. The fraction of sp³-hybridized carbons (Fsp3) is 0.615. The minimum absolute atomic E-state index is 0.0211. The van der Waals surface area contributed by atoms with Crippen molar-refractivity contribution in [3.8, 4) is 0 Å². The summed E-state index contributed by atoms with van der Waals surface area (Å²) >= 11 is 0. The Hall–Kier alpha value is -3.49. The summed E-state index contributed by atoms with van der Waals surface area (Å²) in [6, 6.07) is 12.7. The molecule has 0 heterocycles. The zero-order valence-corrected chi connectivity index (χ0v) is 31.7. The molecule has 0 saturated heterocycles.